The van der Waals surface area contributed by atoms with Gasteiger partial charge in [0, 0.05) is 19.3 Å². The molecule has 0 atom stereocenters. The number of nitrogens with one attached hydrogen (secondary N) is 1. The third kappa shape index (κ3) is 4.28. The van der Waals surface area contributed by atoms with Gasteiger partial charge in [-0.05, 0) is 6.42 Å². The van der Waals surface area contributed by atoms with Crippen LogP contribution in [0.2, 0.25) is 0 Å². The molecule has 0 aromatic carbocycles. The largest absolute Gasteiger partial charge is 0.320 e. The minimum absolute atomic E-state index is 0.179. The molecular weight excluding hydrogens is 228 g/mol. The van der Waals surface area contributed by atoms with Gasteiger partial charge in [0.05, 0.1) is 12.3 Å². The second-order valence-electron chi connectivity index (χ2n) is 3.69. The second-order valence-corrected chi connectivity index (χ2v) is 5.99. The predicted octanol–water partition coefficient (Wildman–Crippen LogP) is -0.270. The number of hydrogen-bond acceptors (Lipinski definition) is 5. The van der Waals surface area contributed by atoms with E-state index >= 15 is 0 Å². The van der Waals surface area contributed by atoms with Crippen molar-refractivity contribution in [1.29, 1.82) is 0 Å². The molecule has 7 heteroatoms. The Labute approximate surface area is 96.0 Å². The summed E-state index contributed by atoms with van der Waals surface area (Å²) in [5, 5.41) is 10.7. The van der Waals surface area contributed by atoms with Crippen molar-refractivity contribution in [2.75, 3.05) is 18.1 Å². The smallest absolute Gasteiger partial charge is 0.151 e. The fourth-order valence-corrected chi connectivity index (χ4v) is 2.59. The Morgan fingerprint density at radius 3 is 2.75 bits per heavy atom. The quantitative estimate of drug-likeness (QED) is 0.670. The van der Waals surface area contributed by atoms with E-state index in [1.807, 2.05) is 14.0 Å². The fraction of sp³-hybridized carbons (Fsp3) is 0.778. The lowest BCUT2D eigenvalue weighted by molar-refractivity contribution is 0.586. The van der Waals surface area contributed by atoms with E-state index in [-0.39, 0.29) is 11.5 Å². The number of sulfone groups is 1. The van der Waals surface area contributed by atoms with E-state index in [9.17, 15) is 8.42 Å². The zero-order valence-electron chi connectivity index (χ0n) is 9.68. The molecule has 0 saturated carbocycles. The maximum Gasteiger partial charge on any atom is 0.151 e. The molecule has 1 N–H and O–H groups in total. The molecule has 0 radical (unpaired) electrons. The summed E-state index contributed by atoms with van der Waals surface area (Å²) in [5.41, 5.74) is 0. The van der Waals surface area contributed by atoms with E-state index in [0.29, 0.717) is 19.5 Å². The van der Waals surface area contributed by atoms with Crippen LogP contribution in [0.3, 0.4) is 0 Å². The highest BCUT2D eigenvalue weighted by molar-refractivity contribution is 7.91. The van der Waals surface area contributed by atoms with Crippen molar-refractivity contribution in [3.8, 4) is 0 Å². The molecule has 0 unspecified atom stereocenters. The fourth-order valence-electron chi connectivity index (χ4n) is 1.31. The van der Waals surface area contributed by atoms with Gasteiger partial charge in [0.2, 0.25) is 0 Å². The first-order chi connectivity index (χ1) is 7.55. The third-order valence-electron chi connectivity index (χ3n) is 2.19. The number of aromatic nitrogens is 3. The standard InChI is InChI=1S/C9H18N4O2S/c1-3-5-16(14,15)6-4-10-7-9-12-11-8-13(9)2/h8,10H,3-7H2,1-2H3. The van der Waals surface area contributed by atoms with Crippen molar-refractivity contribution in [1.82, 2.24) is 20.1 Å². The first-order valence-electron chi connectivity index (χ1n) is 5.29. The van der Waals surface area contributed by atoms with Gasteiger partial charge in [0.15, 0.2) is 9.84 Å². The van der Waals surface area contributed by atoms with Gasteiger partial charge in [0.25, 0.3) is 0 Å². The average molecular weight is 246 g/mol. The van der Waals surface area contributed by atoms with Crippen LogP contribution in [0.25, 0.3) is 0 Å². The summed E-state index contributed by atoms with van der Waals surface area (Å²) in [6, 6.07) is 0. The van der Waals surface area contributed by atoms with E-state index < -0.39 is 9.84 Å². The zero-order valence-corrected chi connectivity index (χ0v) is 10.5. The monoisotopic (exact) mass is 246 g/mol. The van der Waals surface area contributed by atoms with Crippen LogP contribution in [-0.2, 0) is 23.4 Å². The highest BCUT2D eigenvalue weighted by Crippen LogP contribution is 1.93. The van der Waals surface area contributed by atoms with Crippen molar-refractivity contribution < 1.29 is 8.42 Å². The molecule has 16 heavy (non-hydrogen) atoms. The lowest BCUT2D eigenvalue weighted by Gasteiger charge is -2.04. The summed E-state index contributed by atoms with van der Waals surface area (Å²) in [6.45, 7) is 2.86. The van der Waals surface area contributed by atoms with Crippen LogP contribution in [0.4, 0.5) is 0 Å². The van der Waals surface area contributed by atoms with Gasteiger partial charge in [0.1, 0.15) is 12.2 Å². The summed E-state index contributed by atoms with van der Waals surface area (Å²) >= 11 is 0. The zero-order chi connectivity index (χ0) is 12.0. The van der Waals surface area contributed by atoms with Gasteiger partial charge in [-0.15, -0.1) is 10.2 Å². The lowest BCUT2D eigenvalue weighted by atomic mass is 10.5. The Balaban J connectivity index is 2.25. The minimum atomic E-state index is -2.89. The van der Waals surface area contributed by atoms with Crippen molar-refractivity contribution in [3.05, 3.63) is 12.2 Å². The maximum absolute atomic E-state index is 11.4. The van der Waals surface area contributed by atoms with E-state index in [4.69, 9.17) is 0 Å². The highest BCUT2D eigenvalue weighted by Gasteiger charge is 2.08. The Bertz CT molecular complexity index is 413. The molecule has 92 valence electrons. The van der Waals surface area contributed by atoms with Crippen molar-refractivity contribution in [3.63, 3.8) is 0 Å². The van der Waals surface area contributed by atoms with Crippen LogP contribution >= 0.6 is 0 Å². The molecule has 1 aromatic heterocycles. The summed E-state index contributed by atoms with van der Waals surface area (Å²) in [5.74, 6) is 1.24. The molecule has 0 bridgehead atoms. The Morgan fingerprint density at radius 2 is 2.19 bits per heavy atom. The van der Waals surface area contributed by atoms with Gasteiger partial charge in [-0.3, -0.25) is 0 Å². The molecular formula is C9H18N4O2S. The Kier molecular flexibility index (Phi) is 4.88. The summed E-state index contributed by atoms with van der Waals surface area (Å²) < 4.78 is 24.6. The molecule has 0 amide bonds. The molecule has 0 aliphatic carbocycles. The molecule has 6 nitrogen and oxygen atoms in total. The van der Waals surface area contributed by atoms with Crippen molar-refractivity contribution in [2.24, 2.45) is 7.05 Å². The molecule has 0 spiro atoms. The average Bonchev–Trinajstić information content (AvgIpc) is 2.59. The van der Waals surface area contributed by atoms with Crippen LogP contribution in [-0.4, -0.2) is 41.2 Å². The van der Waals surface area contributed by atoms with Gasteiger partial charge in [-0.1, -0.05) is 6.92 Å². The molecule has 0 aliphatic heterocycles. The minimum Gasteiger partial charge on any atom is -0.320 e. The van der Waals surface area contributed by atoms with Crippen LogP contribution in [0.15, 0.2) is 6.33 Å². The van der Waals surface area contributed by atoms with E-state index in [1.54, 1.807) is 10.9 Å². The normalized spacial score (nSPS) is 11.9. The molecule has 1 aromatic rings. The van der Waals surface area contributed by atoms with Gasteiger partial charge < -0.3 is 9.88 Å². The number of rotatable bonds is 7. The van der Waals surface area contributed by atoms with Crippen LogP contribution < -0.4 is 5.32 Å². The molecule has 1 rings (SSSR count). The molecule has 0 saturated heterocycles. The molecule has 0 fully saturated rings. The Hall–Kier alpha value is -0.950. The topological polar surface area (TPSA) is 76.9 Å². The predicted molar refractivity (Wildman–Crippen MR) is 61.7 cm³/mol. The third-order valence-corrected chi connectivity index (χ3v) is 4.05. The van der Waals surface area contributed by atoms with Crippen LogP contribution in [0.5, 0.6) is 0 Å². The van der Waals surface area contributed by atoms with Gasteiger partial charge in [-0.2, -0.15) is 0 Å². The molecule has 0 aliphatic rings. The maximum atomic E-state index is 11.4. The Morgan fingerprint density at radius 1 is 1.44 bits per heavy atom. The first-order valence-corrected chi connectivity index (χ1v) is 7.11. The van der Waals surface area contributed by atoms with Crippen LogP contribution in [0.1, 0.15) is 19.2 Å². The van der Waals surface area contributed by atoms with Crippen molar-refractivity contribution in [2.45, 2.75) is 19.9 Å². The number of nitrogens with zero attached hydrogens (tertiary/aromatic N) is 3. The lowest BCUT2D eigenvalue weighted by Crippen LogP contribution is -2.25. The van der Waals surface area contributed by atoms with E-state index in [0.717, 1.165) is 5.82 Å². The van der Waals surface area contributed by atoms with E-state index in [1.165, 1.54) is 0 Å². The summed E-state index contributed by atoms with van der Waals surface area (Å²) in [6.07, 6.45) is 2.29. The number of aryl methyl sites for hydroxylation is 1. The van der Waals surface area contributed by atoms with Crippen LogP contribution in [0, 0.1) is 0 Å². The number of hydrogen-bond donors (Lipinski definition) is 1. The van der Waals surface area contributed by atoms with E-state index in [2.05, 4.69) is 15.5 Å². The highest BCUT2D eigenvalue weighted by atomic mass is 32.2. The second kappa shape index (κ2) is 5.95. The van der Waals surface area contributed by atoms with Gasteiger partial charge >= 0.3 is 0 Å². The van der Waals surface area contributed by atoms with Crippen molar-refractivity contribution >= 4 is 9.84 Å². The van der Waals surface area contributed by atoms with Gasteiger partial charge in [-0.25, -0.2) is 8.42 Å². The SMILES string of the molecule is CCCS(=O)(=O)CCNCc1nncn1C. The molecule has 1 heterocycles. The first kappa shape index (κ1) is 13.1. The summed E-state index contributed by atoms with van der Waals surface area (Å²) in [4.78, 5) is 0. The summed E-state index contributed by atoms with van der Waals surface area (Å²) in [7, 11) is -1.04.